The van der Waals surface area contributed by atoms with E-state index >= 15 is 0 Å². The third-order valence-corrected chi connectivity index (χ3v) is 27.8. The molecule has 0 aliphatic heterocycles. The Morgan fingerprint density at radius 1 is 0.317 bits per heavy atom. The Morgan fingerprint density at radius 3 is 0.837 bits per heavy atom. The van der Waals surface area contributed by atoms with Crippen molar-refractivity contribution in [1.29, 1.82) is 0 Å². The van der Waals surface area contributed by atoms with Crippen molar-refractivity contribution in [3.05, 3.63) is 399 Å². The van der Waals surface area contributed by atoms with Crippen molar-refractivity contribution in [2.24, 2.45) is 5.41 Å². The molecule has 0 radical (unpaired) electrons. The van der Waals surface area contributed by atoms with Crippen molar-refractivity contribution in [2.75, 3.05) is 52.9 Å². The summed E-state index contributed by atoms with van der Waals surface area (Å²) in [4.78, 5) is 102. The van der Waals surface area contributed by atoms with Crippen LogP contribution in [0.25, 0.3) is 23.3 Å². The van der Waals surface area contributed by atoms with Gasteiger partial charge in [0.25, 0.3) is 0 Å². The normalized spacial score (nSPS) is 10.8. The van der Waals surface area contributed by atoms with Gasteiger partial charge in [-0.1, -0.05) is 271 Å². The molecule has 0 spiro atoms. The van der Waals surface area contributed by atoms with E-state index in [9.17, 15) is 38.4 Å². The molecule has 1 aliphatic carbocycles. The predicted molar refractivity (Wildman–Crippen MR) is 505 cm³/mol. The first-order chi connectivity index (χ1) is 59.3. The number of rotatable bonds is 40. The molecule has 0 atom stereocenters. The summed E-state index contributed by atoms with van der Waals surface area (Å²) in [5.41, 5.74) is 9.06. The van der Waals surface area contributed by atoms with Crippen LogP contribution in [0, 0.1) is 5.41 Å². The number of esters is 8. The van der Waals surface area contributed by atoms with Crippen LogP contribution in [0.4, 0.5) is 0 Å². The van der Waals surface area contributed by atoms with E-state index in [4.69, 9.17) is 71.8 Å². The molecule has 0 saturated carbocycles. The summed E-state index contributed by atoms with van der Waals surface area (Å²) in [5, 5.41) is 0. The molecule has 0 bridgehead atoms. The molecule has 0 fully saturated rings. The Bertz CT molecular complexity index is 4710. The Labute approximate surface area is 749 Å². The van der Waals surface area contributed by atoms with Gasteiger partial charge in [0.1, 0.15) is 90.0 Å². The van der Waals surface area contributed by atoms with Gasteiger partial charge in [-0.3, -0.25) is 0 Å². The molecule has 634 valence electrons. The van der Waals surface area contributed by atoms with Crippen LogP contribution in [-0.2, 0) is 94.9 Å². The molecule has 0 saturated heterocycles. The van der Waals surface area contributed by atoms with Crippen LogP contribution in [0.1, 0.15) is 44.5 Å². The fourth-order valence-electron chi connectivity index (χ4n) is 10.7. The number of ether oxygens (including phenoxy) is 10. The third kappa shape index (κ3) is 33.9. The average Bonchev–Trinajstić information content (AvgIpc) is 1.55. The number of thiocarbonyl (C=S) groups is 2. The molecule has 0 N–H and O–H groups in total. The zero-order chi connectivity index (χ0) is 90.0. The van der Waals surface area contributed by atoms with Crippen LogP contribution >= 0.6 is 71.5 Å². The van der Waals surface area contributed by atoms with Crippen LogP contribution in [0.3, 0.4) is 0 Å². The van der Waals surface area contributed by atoms with E-state index in [-0.39, 0.29) is 66.1 Å². The van der Waals surface area contributed by atoms with Crippen molar-refractivity contribution in [3.8, 4) is 22.6 Å². The second kappa shape index (κ2) is 54.8. The summed E-state index contributed by atoms with van der Waals surface area (Å²) >= 11 is 15.0. The summed E-state index contributed by atoms with van der Waals surface area (Å²) < 4.78 is 53.1. The molecule has 18 nitrogen and oxygen atoms in total. The Balaban J connectivity index is 0.000000291. The van der Waals surface area contributed by atoms with Crippen molar-refractivity contribution < 1.29 is 85.7 Å². The number of fused-ring (bicyclic) bond motifs is 3. The number of hydrogen-bond acceptors (Lipinski definition) is 24. The van der Waals surface area contributed by atoms with E-state index in [1.54, 1.807) is 23.5 Å². The van der Waals surface area contributed by atoms with E-state index in [2.05, 4.69) is 189 Å². The molecule has 0 amide bonds. The maximum absolute atomic E-state index is 11.3. The van der Waals surface area contributed by atoms with Crippen LogP contribution in [-0.4, -0.2) is 121 Å². The van der Waals surface area contributed by atoms with Gasteiger partial charge in [0, 0.05) is 68.2 Å². The van der Waals surface area contributed by atoms with Crippen LogP contribution in [0.15, 0.2) is 374 Å². The Kier molecular flexibility index (Phi) is 45.1. The molecule has 25 heteroatoms. The van der Waals surface area contributed by atoms with Crippen molar-refractivity contribution in [2.45, 2.75) is 38.2 Å². The molecule has 123 heavy (non-hydrogen) atoms. The summed E-state index contributed by atoms with van der Waals surface area (Å²) in [6.45, 7) is 48.6. The minimum absolute atomic E-state index is 0.141. The SMILES string of the molecule is C=CC(=O)OCC(COC(=O)C=C)(COC(=O)C=C)COC(=O)C=C.C=CC(=O)OCCOc1ccc(C2(c3ccc(OCCOC(=O)C=C)cc3)c3ccccc3-c3ccccc32)cc1.C=CC(=O)OCc1ccc(SC(=S)Sc2ccc(COC(=O)C=C)cc2)cc1.C=Cc1ccc(SC(=S)Sc2ccc(C=C)cc2)cc1.C=[CH][Ge]([CH]=C)([CH]=C)[CH]=C. The molecule has 1 aliphatic rings. The van der Waals surface area contributed by atoms with E-state index in [1.165, 1.54) is 45.8 Å². The van der Waals surface area contributed by atoms with Crippen molar-refractivity contribution in [1.82, 2.24) is 0 Å². The van der Waals surface area contributed by atoms with Crippen molar-refractivity contribution in [3.63, 3.8) is 0 Å². The van der Waals surface area contributed by atoms with Crippen LogP contribution in [0.5, 0.6) is 11.5 Å². The fourth-order valence-corrected chi connectivity index (χ4v) is 17.3. The van der Waals surface area contributed by atoms with Gasteiger partial charge in [-0.25, -0.2) is 38.4 Å². The second-order valence-electron chi connectivity index (χ2n) is 25.3. The molecule has 9 rings (SSSR count). The summed E-state index contributed by atoms with van der Waals surface area (Å²) in [5.74, 6) is -3.52. The molecule has 0 heterocycles. The first-order valence-electron chi connectivity index (χ1n) is 37.3. The monoisotopic (exact) mass is 1820 g/mol. The predicted octanol–water partition coefficient (Wildman–Crippen LogP) is 20.9. The first kappa shape index (κ1) is 101. The van der Waals surface area contributed by atoms with Gasteiger partial charge in [0.2, 0.25) is 0 Å². The van der Waals surface area contributed by atoms with Gasteiger partial charge < -0.3 is 47.4 Å². The van der Waals surface area contributed by atoms with E-state index in [0.29, 0.717) is 11.5 Å². The third-order valence-electron chi connectivity index (χ3n) is 17.2. The Hall–Kier alpha value is -12.4. The number of benzene rings is 8. The number of carbonyl (C=O) groups is 8. The maximum atomic E-state index is 11.3. The second-order valence-corrected chi connectivity index (χ2v) is 39.6. The molecular formula is C98H94GeO18S6. The molecule has 0 unspecified atom stereocenters. The molecule has 8 aromatic carbocycles. The Morgan fingerprint density at radius 2 is 0.577 bits per heavy atom. The van der Waals surface area contributed by atoms with Gasteiger partial charge in [0.05, 0.1) is 5.41 Å². The van der Waals surface area contributed by atoms with Crippen molar-refractivity contribution >= 4 is 152 Å². The molecular weight excluding hydrogens is 1730 g/mol. The topological polar surface area (TPSA) is 229 Å². The van der Waals surface area contributed by atoms with Gasteiger partial charge in [-0.15, -0.1) is 0 Å². The minimum atomic E-state index is -2.11. The van der Waals surface area contributed by atoms with E-state index in [1.807, 2.05) is 129 Å². The summed E-state index contributed by atoms with van der Waals surface area (Å²) in [6, 6.07) is 64.9. The first-order valence-corrected chi connectivity index (χ1v) is 46.2. The van der Waals surface area contributed by atoms with E-state index < -0.39 is 71.9 Å². The van der Waals surface area contributed by atoms with Gasteiger partial charge >= 0.3 is 107 Å². The fraction of sp³-hybridized carbons (Fsp3) is 0.122. The quantitative estimate of drug-likeness (QED) is 0.00661. The molecule has 0 aromatic heterocycles. The zero-order valence-corrected chi connectivity index (χ0v) is 74.8. The number of carbonyl (C=O) groups excluding carboxylic acids is 8. The number of hydrogen-bond donors (Lipinski definition) is 0. The van der Waals surface area contributed by atoms with Crippen LogP contribution in [0.2, 0.25) is 0 Å². The summed E-state index contributed by atoms with van der Waals surface area (Å²) in [7, 11) is 0. The summed E-state index contributed by atoms with van der Waals surface area (Å²) in [6.07, 6.45) is 11.9. The number of thioether (sulfide) groups is 4. The van der Waals surface area contributed by atoms with Crippen LogP contribution < -0.4 is 9.47 Å². The molecule has 8 aromatic rings. The zero-order valence-electron chi connectivity index (χ0n) is 67.8. The van der Waals surface area contributed by atoms with Gasteiger partial charge in [-0.2, -0.15) is 0 Å². The van der Waals surface area contributed by atoms with E-state index in [0.717, 1.165) is 109 Å². The standard InChI is InChI=1S/C35H30O6.C21H18O4S3.C17H20O8.C17H14S3.C8H12Ge/c1-3-33(36)40-23-21-38-27-17-13-25(14-18-27)35(26-15-19-28(20-16-26)39-22-24-41-34(37)4-2)31-11-7-5-9-29(31)30-10-6-8-12-32(30)35;1-3-19(22)24-13-15-5-9-17(10-6-15)27-21(26)28-18-11-7-16(8-12-18)14-25-20(23)4-2;1-5-13(18)22-9-17(10-23-14(19)6-2,11-24-15(20)7-3)12-25-16(21)8-4;1-3-13-5-9-15(10-6-13)19-17(18)20-16-11-7-14(4-2)8-12-16;1-5-9(6-2,7-3)8-4/h3-20H,1-2,21-24H2;3-12H,1-2,13-14H2;5-8H,1-4,9-12H2;3-12H,1-2H2;5-8H,1-4H2. The van der Waals surface area contributed by atoms with Gasteiger partial charge in [-0.05, 0) is 128 Å². The average molecular weight is 1820 g/mol. The van der Waals surface area contributed by atoms with Gasteiger partial charge in [0.15, 0.2) is 0 Å².